The van der Waals surface area contributed by atoms with Crippen LogP contribution in [0.4, 0.5) is 4.39 Å². The van der Waals surface area contributed by atoms with E-state index in [1.165, 1.54) is 13.2 Å². The Balaban J connectivity index is 2.95. The number of benzene rings is 1. The molecule has 4 heteroatoms. The fourth-order valence-corrected chi connectivity index (χ4v) is 1.42. The molecule has 1 atom stereocenters. The maximum atomic E-state index is 13.2. The maximum absolute atomic E-state index is 13.2. The van der Waals surface area contributed by atoms with Crippen molar-refractivity contribution < 1.29 is 14.2 Å². The van der Waals surface area contributed by atoms with Crippen molar-refractivity contribution in [1.82, 2.24) is 0 Å². The first-order valence-corrected chi connectivity index (χ1v) is 4.86. The first-order valence-electron chi connectivity index (χ1n) is 3.74. The highest BCUT2D eigenvalue weighted by Crippen LogP contribution is 2.18. The Morgan fingerprint density at radius 1 is 1.62 bits per heavy atom. The molecule has 1 aromatic carbocycles. The van der Waals surface area contributed by atoms with Crippen LogP contribution < -0.4 is 0 Å². The third-order valence-corrected chi connectivity index (χ3v) is 2.33. The maximum Gasteiger partial charge on any atom is 0.180 e. The van der Waals surface area contributed by atoms with Crippen molar-refractivity contribution in [2.24, 2.45) is 0 Å². The van der Waals surface area contributed by atoms with E-state index in [0.29, 0.717) is 16.5 Å². The number of aliphatic hydroxyl groups excluding tert-OH is 1. The number of methoxy groups -OCH3 is 1. The molecule has 0 aliphatic heterocycles. The summed E-state index contributed by atoms with van der Waals surface area (Å²) in [4.78, 5) is 0. The number of hydrogen-bond acceptors (Lipinski definition) is 2. The first kappa shape index (κ1) is 10.6. The molecule has 0 saturated carbocycles. The molecule has 72 valence electrons. The van der Waals surface area contributed by atoms with Crippen LogP contribution in [0.2, 0.25) is 0 Å². The van der Waals surface area contributed by atoms with Crippen molar-refractivity contribution in [3.8, 4) is 0 Å². The van der Waals surface area contributed by atoms with Crippen LogP contribution in [0, 0.1) is 5.82 Å². The molecular formula is C9H10BrFO2. The average Bonchev–Trinajstić information content (AvgIpc) is 2.16. The highest BCUT2D eigenvalue weighted by atomic mass is 79.9. The minimum Gasteiger partial charge on any atom is -0.364 e. The van der Waals surface area contributed by atoms with Crippen molar-refractivity contribution in [2.45, 2.75) is 11.6 Å². The molecule has 0 radical (unpaired) electrons. The summed E-state index contributed by atoms with van der Waals surface area (Å²) in [6.07, 6.45) is -1.06. The lowest BCUT2D eigenvalue weighted by molar-refractivity contribution is -0.0771. The molecule has 1 N–H and O–H groups in total. The van der Waals surface area contributed by atoms with E-state index >= 15 is 0 Å². The van der Waals surface area contributed by atoms with E-state index in [9.17, 15) is 9.50 Å². The molecule has 0 spiro atoms. The van der Waals surface area contributed by atoms with E-state index in [1.807, 2.05) is 0 Å². The summed E-state index contributed by atoms with van der Waals surface area (Å²) < 4.78 is 17.8. The SMILES string of the molecule is COC(O)c1ccc(CBr)c(F)c1. The van der Waals surface area contributed by atoms with E-state index in [4.69, 9.17) is 0 Å². The quantitative estimate of drug-likeness (QED) is 0.658. The van der Waals surface area contributed by atoms with Crippen LogP contribution in [0.3, 0.4) is 0 Å². The molecular weight excluding hydrogens is 239 g/mol. The molecule has 0 aliphatic rings. The number of alkyl halides is 1. The van der Waals surface area contributed by atoms with Gasteiger partial charge in [-0.1, -0.05) is 28.1 Å². The van der Waals surface area contributed by atoms with Gasteiger partial charge in [-0.25, -0.2) is 4.39 Å². The molecule has 0 heterocycles. The van der Waals surface area contributed by atoms with Crippen molar-refractivity contribution in [3.05, 3.63) is 35.1 Å². The summed E-state index contributed by atoms with van der Waals surface area (Å²) in [6, 6.07) is 4.51. The summed E-state index contributed by atoms with van der Waals surface area (Å²) in [5.74, 6) is -0.342. The second-order valence-corrected chi connectivity index (χ2v) is 3.13. The summed E-state index contributed by atoms with van der Waals surface area (Å²) >= 11 is 3.15. The van der Waals surface area contributed by atoms with E-state index in [1.54, 1.807) is 12.1 Å². The standard InChI is InChI=1S/C9H10BrFO2/c1-13-9(12)6-2-3-7(5-10)8(11)4-6/h2-4,9,12H,5H2,1H3. The Labute approximate surface area is 84.5 Å². The molecule has 1 rings (SSSR count). The molecule has 0 aliphatic carbocycles. The van der Waals surface area contributed by atoms with Crippen LogP contribution in [0.15, 0.2) is 18.2 Å². The summed E-state index contributed by atoms with van der Waals surface area (Å²) in [5.41, 5.74) is 0.983. The minimum atomic E-state index is -1.06. The molecule has 1 aromatic rings. The van der Waals surface area contributed by atoms with Crippen LogP contribution in [0.25, 0.3) is 0 Å². The number of rotatable bonds is 3. The predicted molar refractivity (Wildman–Crippen MR) is 51.0 cm³/mol. The van der Waals surface area contributed by atoms with E-state index in [2.05, 4.69) is 20.7 Å². The van der Waals surface area contributed by atoms with Crippen molar-refractivity contribution >= 4 is 15.9 Å². The van der Waals surface area contributed by atoms with E-state index in [0.717, 1.165) is 0 Å². The van der Waals surface area contributed by atoms with Gasteiger partial charge in [-0.15, -0.1) is 0 Å². The van der Waals surface area contributed by atoms with Gasteiger partial charge in [-0.05, 0) is 11.6 Å². The van der Waals surface area contributed by atoms with Crippen LogP contribution in [-0.2, 0) is 10.1 Å². The second-order valence-electron chi connectivity index (χ2n) is 2.57. The monoisotopic (exact) mass is 248 g/mol. The van der Waals surface area contributed by atoms with Gasteiger partial charge in [-0.2, -0.15) is 0 Å². The van der Waals surface area contributed by atoms with Gasteiger partial charge in [0.1, 0.15) is 5.82 Å². The Kier molecular flexibility index (Phi) is 3.84. The van der Waals surface area contributed by atoms with Crippen LogP contribution >= 0.6 is 15.9 Å². The molecule has 13 heavy (non-hydrogen) atoms. The fraction of sp³-hybridized carbons (Fsp3) is 0.333. The number of ether oxygens (including phenoxy) is 1. The van der Waals surface area contributed by atoms with Gasteiger partial charge in [0.2, 0.25) is 0 Å². The van der Waals surface area contributed by atoms with Gasteiger partial charge in [0.05, 0.1) is 0 Å². The third kappa shape index (κ3) is 2.49. The zero-order valence-corrected chi connectivity index (χ0v) is 8.71. The summed E-state index contributed by atoms with van der Waals surface area (Å²) in [5, 5.41) is 9.68. The topological polar surface area (TPSA) is 29.5 Å². The minimum absolute atomic E-state index is 0.342. The number of hydrogen-bond donors (Lipinski definition) is 1. The summed E-state index contributed by atoms with van der Waals surface area (Å²) in [7, 11) is 1.36. The average molecular weight is 249 g/mol. The van der Waals surface area contributed by atoms with Crippen LogP contribution in [0.5, 0.6) is 0 Å². The lowest BCUT2D eigenvalue weighted by Gasteiger charge is -2.09. The molecule has 1 unspecified atom stereocenters. The predicted octanol–water partition coefficient (Wildman–Crippen LogP) is 2.36. The number of halogens is 2. The smallest absolute Gasteiger partial charge is 0.180 e. The van der Waals surface area contributed by atoms with Crippen LogP contribution in [0.1, 0.15) is 17.4 Å². The molecule has 0 fully saturated rings. The van der Waals surface area contributed by atoms with Gasteiger partial charge in [0.25, 0.3) is 0 Å². The third-order valence-electron chi connectivity index (χ3n) is 1.73. The Morgan fingerprint density at radius 2 is 2.31 bits per heavy atom. The molecule has 0 amide bonds. The fourth-order valence-electron chi connectivity index (χ4n) is 0.962. The zero-order valence-electron chi connectivity index (χ0n) is 7.13. The van der Waals surface area contributed by atoms with Gasteiger partial charge in [0, 0.05) is 18.0 Å². The molecule has 0 aromatic heterocycles. The van der Waals surface area contributed by atoms with Crippen LogP contribution in [-0.4, -0.2) is 12.2 Å². The highest BCUT2D eigenvalue weighted by molar-refractivity contribution is 9.08. The van der Waals surface area contributed by atoms with Crippen molar-refractivity contribution in [1.29, 1.82) is 0 Å². The highest BCUT2D eigenvalue weighted by Gasteiger charge is 2.08. The normalized spacial score (nSPS) is 12.9. The van der Waals surface area contributed by atoms with E-state index in [-0.39, 0.29) is 5.82 Å². The second kappa shape index (κ2) is 4.69. The van der Waals surface area contributed by atoms with Gasteiger partial charge in [-0.3, -0.25) is 0 Å². The Hall–Kier alpha value is -0.450. The largest absolute Gasteiger partial charge is 0.364 e. The molecule has 2 nitrogen and oxygen atoms in total. The molecule has 0 saturated heterocycles. The lowest BCUT2D eigenvalue weighted by atomic mass is 10.1. The molecule has 0 bridgehead atoms. The first-order chi connectivity index (χ1) is 6.19. The van der Waals surface area contributed by atoms with Crippen molar-refractivity contribution in [3.63, 3.8) is 0 Å². The van der Waals surface area contributed by atoms with E-state index < -0.39 is 6.29 Å². The van der Waals surface area contributed by atoms with Gasteiger partial charge >= 0.3 is 0 Å². The lowest BCUT2D eigenvalue weighted by Crippen LogP contribution is -2.00. The van der Waals surface area contributed by atoms with Gasteiger partial charge in [0.15, 0.2) is 6.29 Å². The Bertz CT molecular complexity index is 291. The van der Waals surface area contributed by atoms with Crippen molar-refractivity contribution in [2.75, 3.05) is 7.11 Å². The zero-order chi connectivity index (χ0) is 9.84. The van der Waals surface area contributed by atoms with Gasteiger partial charge < -0.3 is 9.84 Å². The number of aliphatic hydroxyl groups is 1. The Morgan fingerprint density at radius 3 is 2.77 bits per heavy atom. The summed E-state index contributed by atoms with van der Waals surface area (Å²) in [6.45, 7) is 0.